The Hall–Kier alpha value is -2.77. The SMILES string of the molecule is CCNC(=NCC(c1cccc(OC)c1)N(C)C)NCC(O)c1cccc(OC(C)C)c1. The molecule has 0 radical (unpaired) electrons. The van der Waals surface area contributed by atoms with Gasteiger partial charge in [0.1, 0.15) is 11.5 Å². The molecule has 0 aliphatic rings. The number of guanidine groups is 1. The Morgan fingerprint density at radius 1 is 1.03 bits per heavy atom. The van der Waals surface area contributed by atoms with Gasteiger partial charge >= 0.3 is 0 Å². The quantitative estimate of drug-likeness (QED) is 0.366. The van der Waals surface area contributed by atoms with Crippen molar-refractivity contribution in [2.45, 2.75) is 39.0 Å². The van der Waals surface area contributed by atoms with Gasteiger partial charge in [0.15, 0.2) is 5.96 Å². The molecule has 0 aliphatic heterocycles. The first-order valence-electron chi connectivity index (χ1n) is 11.1. The molecule has 0 aromatic heterocycles. The van der Waals surface area contributed by atoms with Crippen LogP contribution in [0.4, 0.5) is 0 Å². The van der Waals surface area contributed by atoms with Crippen molar-refractivity contribution >= 4 is 5.96 Å². The van der Waals surface area contributed by atoms with Gasteiger partial charge in [-0.2, -0.15) is 0 Å². The molecule has 32 heavy (non-hydrogen) atoms. The minimum atomic E-state index is -0.683. The van der Waals surface area contributed by atoms with Crippen LogP contribution >= 0.6 is 0 Å². The van der Waals surface area contributed by atoms with Crippen LogP contribution < -0.4 is 20.1 Å². The molecule has 3 N–H and O–H groups in total. The normalized spacial score (nSPS) is 13.7. The van der Waals surface area contributed by atoms with Crippen LogP contribution in [0.1, 0.15) is 44.0 Å². The molecule has 7 nitrogen and oxygen atoms in total. The summed E-state index contributed by atoms with van der Waals surface area (Å²) in [5.41, 5.74) is 1.94. The maximum atomic E-state index is 10.7. The number of ether oxygens (including phenoxy) is 2. The van der Waals surface area contributed by atoms with E-state index in [-0.39, 0.29) is 12.1 Å². The molecule has 0 aliphatic carbocycles. The highest BCUT2D eigenvalue weighted by molar-refractivity contribution is 5.79. The van der Waals surface area contributed by atoms with Crippen molar-refractivity contribution < 1.29 is 14.6 Å². The van der Waals surface area contributed by atoms with Crippen molar-refractivity contribution in [1.82, 2.24) is 15.5 Å². The van der Waals surface area contributed by atoms with Gasteiger partial charge in [0, 0.05) is 13.1 Å². The van der Waals surface area contributed by atoms with Crippen LogP contribution in [0.15, 0.2) is 53.5 Å². The number of rotatable bonds is 11. The monoisotopic (exact) mass is 442 g/mol. The van der Waals surface area contributed by atoms with E-state index in [1.165, 1.54) is 0 Å². The van der Waals surface area contributed by atoms with E-state index >= 15 is 0 Å². The van der Waals surface area contributed by atoms with E-state index < -0.39 is 6.10 Å². The number of aliphatic hydroxyl groups is 1. The van der Waals surface area contributed by atoms with Crippen LogP contribution in [0.3, 0.4) is 0 Å². The van der Waals surface area contributed by atoms with Gasteiger partial charge < -0.3 is 30.1 Å². The van der Waals surface area contributed by atoms with E-state index in [9.17, 15) is 5.11 Å². The Bertz CT molecular complexity index is 855. The number of hydrogen-bond acceptors (Lipinski definition) is 5. The Labute approximate surface area is 192 Å². The van der Waals surface area contributed by atoms with Gasteiger partial charge in [0.25, 0.3) is 0 Å². The van der Waals surface area contributed by atoms with Crippen LogP contribution in [0, 0.1) is 0 Å². The lowest BCUT2D eigenvalue weighted by molar-refractivity contribution is 0.179. The summed E-state index contributed by atoms with van der Waals surface area (Å²) in [4.78, 5) is 6.90. The number of likely N-dealkylation sites (N-methyl/N-ethyl adjacent to an activating group) is 1. The summed E-state index contributed by atoms with van der Waals surface area (Å²) in [6.45, 7) is 7.61. The number of methoxy groups -OCH3 is 1. The third kappa shape index (κ3) is 8.05. The van der Waals surface area contributed by atoms with Gasteiger partial charge in [-0.25, -0.2) is 0 Å². The van der Waals surface area contributed by atoms with Gasteiger partial charge in [-0.3, -0.25) is 4.99 Å². The predicted molar refractivity (Wildman–Crippen MR) is 131 cm³/mol. The second-order valence-electron chi connectivity index (χ2n) is 8.11. The first-order chi connectivity index (χ1) is 15.3. The molecule has 2 unspecified atom stereocenters. The molecule has 0 saturated carbocycles. The molecule has 0 bridgehead atoms. The predicted octanol–water partition coefficient (Wildman–Crippen LogP) is 3.37. The van der Waals surface area contributed by atoms with Gasteiger partial charge in [0.2, 0.25) is 0 Å². The van der Waals surface area contributed by atoms with Crippen LogP contribution in [0.2, 0.25) is 0 Å². The fourth-order valence-electron chi connectivity index (χ4n) is 3.31. The number of aliphatic hydroxyl groups excluding tert-OH is 1. The van der Waals surface area contributed by atoms with Gasteiger partial charge in [-0.1, -0.05) is 24.3 Å². The van der Waals surface area contributed by atoms with Crippen molar-refractivity contribution in [2.75, 3.05) is 40.8 Å². The molecule has 0 saturated heterocycles. The number of nitrogens with zero attached hydrogens (tertiary/aromatic N) is 2. The summed E-state index contributed by atoms with van der Waals surface area (Å²) in [5.74, 6) is 2.25. The largest absolute Gasteiger partial charge is 0.497 e. The average Bonchev–Trinajstić information content (AvgIpc) is 2.77. The summed E-state index contributed by atoms with van der Waals surface area (Å²) >= 11 is 0. The lowest BCUT2D eigenvalue weighted by atomic mass is 10.1. The van der Waals surface area contributed by atoms with Crippen molar-refractivity contribution in [2.24, 2.45) is 4.99 Å². The molecule has 0 heterocycles. The Kier molecular flexibility index (Phi) is 10.3. The zero-order valence-corrected chi connectivity index (χ0v) is 20.1. The van der Waals surface area contributed by atoms with E-state index in [4.69, 9.17) is 14.5 Å². The number of aliphatic imine (C=N–C) groups is 1. The second kappa shape index (κ2) is 12.9. The topological polar surface area (TPSA) is 78.4 Å². The molecule has 0 spiro atoms. The average molecular weight is 443 g/mol. The third-order valence-corrected chi connectivity index (χ3v) is 4.95. The molecule has 2 rings (SSSR count). The van der Waals surface area contributed by atoms with E-state index in [1.54, 1.807) is 7.11 Å². The van der Waals surface area contributed by atoms with Gasteiger partial charge in [-0.05, 0) is 70.3 Å². The maximum absolute atomic E-state index is 10.7. The first kappa shape index (κ1) is 25.5. The number of nitrogens with one attached hydrogen (secondary N) is 2. The molecule has 0 fully saturated rings. The summed E-state index contributed by atoms with van der Waals surface area (Å²) in [7, 11) is 5.75. The van der Waals surface area contributed by atoms with Crippen molar-refractivity contribution in [3.8, 4) is 11.5 Å². The highest BCUT2D eigenvalue weighted by Crippen LogP contribution is 2.23. The molecule has 176 valence electrons. The molecule has 2 aromatic carbocycles. The minimum absolute atomic E-state index is 0.0854. The minimum Gasteiger partial charge on any atom is -0.497 e. The molecule has 2 atom stereocenters. The smallest absolute Gasteiger partial charge is 0.191 e. The highest BCUT2D eigenvalue weighted by Gasteiger charge is 2.15. The molecule has 2 aromatic rings. The lowest BCUT2D eigenvalue weighted by Crippen LogP contribution is -2.40. The van der Waals surface area contributed by atoms with Crippen LogP contribution in [0.5, 0.6) is 11.5 Å². The third-order valence-electron chi connectivity index (χ3n) is 4.95. The van der Waals surface area contributed by atoms with Crippen LogP contribution in [-0.4, -0.2) is 62.9 Å². The van der Waals surface area contributed by atoms with E-state index in [0.717, 1.165) is 29.2 Å². The lowest BCUT2D eigenvalue weighted by Gasteiger charge is -2.24. The van der Waals surface area contributed by atoms with Crippen LogP contribution in [-0.2, 0) is 0 Å². The van der Waals surface area contributed by atoms with E-state index in [0.29, 0.717) is 19.0 Å². The van der Waals surface area contributed by atoms with Crippen molar-refractivity contribution in [3.05, 3.63) is 59.7 Å². The van der Waals surface area contributed by atoms with Crippen LogP contribution in [0.25, 0.3) is 0 Å². The molecular weight excluding hydrogens is 404 g/mol. The van der Waals surface area contributed by atoms with Crippen molar-refractivity contribution in [3.63, 3.8) is 0 Å². The Morgan fingerprint density at radius 2 is 1.69 bits per heavy atom. The fourth-order valence-corrected chi connectivity index (χ4v) is 3.31. The first-order valence-corrected chi connectivity index (χ1v) is 11.1. The summed E-state index contributed by atoms with van der Waals surface area (Å²) in [6, 6.07) is 15.7. The number of hydrogen-bond donors (Lipinski definition) is 3. The highest BCUT2D eigenvalue weighted by atomic mass is 16.5. The molecule has 0 amide bonds. The molecular formula is C25H38N4O3. The zero-order valence-electron chi connectivity index (χ0n) is 20.1. The zero-order chi connectivity index (χ0) is 23.5. The standard InChI is InChI=1S/C25H38N4O3/c1-7-26-25(27-16-23(29(4)5)19-10-8-12-21(14-19)31-6)28-17-24(30)20-11-9-13-22(15-20)32-18(2)3/h8-15,18,23-24,30H,7,16-17H2,1-6H3,(H2,26,27,28). The summed E-state index contributed by atoms with van der Waals surface area (Å²) < 4.78 is 11.1. The fraction of sp³-hybridized carbons (Fsp3) is 0.480. The van der Waals surface area contributed by atoms with E-state index in [1.807, 2.05) is 77.3 Å². The summed E-state index contributed by atoms with van der Waals surface area (Å²) in [6.07, 6.45) is -0.597. The Balaban J connectivity index is 2.06. The summed E-state index contributed by atoms with van der Waals surface area (Å²) in [5, 5.41) is 17.2. The number of benzene rings is 2. The second-order valence-corrected chi connectivity index (χ2v) is 8.11. The van der Waals surface area contributed by atoms with Crippen molar-refractivity contribution in [1.29, 1.82) is 0 Å². The Morgan fingerprint density at radius 3 is 2.31 bits per heavy atom. The van der Waals surface area contributed by atoms with Gasteiger partial charge in [0.05, 0.1) is 31.9 Å². The van der Waals surface area contributed by atoms with Gasteiger partial charge in [-0.15, -0.1) is 0 Å². The van der Waals surface area contributed by atoms with E-state index in [2.05, 4.69) is 21.6 Å². The maximum Gasteiger partial charge on any atom is 0.191 e. The molecule has 7 heteroatoms.